The first-order valence-corrected chi connectivity index (χ1v) is 13.1. The van der Waals surface area contributed by atoms with Crippen molar-refractivity contribution in [2.75, 3.05) is 6.61 Å². The van der Waals surface area contributed by atoms with Crippen LogP contribution in [0.5, 0.6) is 0 Å². The molecule has 0 radical (unpaired) electrons. The van der Waals surface area contributed by atoms with E-state index in [2.05, 4.69) is 39.0 Å². The summed E-state index contributed by atoms with van der Waals surface area (Å²) < 4.78 is 5.90. The highest BCUT2D eigenvalue weighted by Gasteiger charge is 2.58. The summed E-state index contributed by atoms with van der Waals surface area (Å²) in [6, 6.07) is 0. The minimum absolute atomic E-state index is 0.213. The van der Waals surface area contributed by atoms with Crippen LogP contribution < -0.4 is 0 Å². The number of fused-ring (bicyclic) bond motifs is 5. The number of aliphatic hydroxyl groups is 3. The van der Waals surface area contributed by atoms with Crippen LogP contribution in [-0.2, 0) is 4.74 Å². The Bertz CT molecular complexity index is 878. The second-order valence-corrected chi connectivity index (χ2v) is 11.4. The molecule has 2 saturated carbocycles. The zero-order chi connectivity index (χ0) is 24.1. The molecule has 2 fully saturated rings. The van der Waals surface area contributed by atoms with Crippen LogP contribution in [0.3, 0.4) is 0 Å². The van der Waals surface area contributed by atoms with Gasteiger partial charge in [-0.1, -0.05) is 81.7 Å². The molecule has 4 aliphatic carbocycles. The Hall–Kier alpha value is -1.20. The molecule has 4 rings (SSSR count). The molecular formula is C29H44O4. The Morgan fingerprint density at radius 3 is 2.55 bits per heavy atom. The molecule has 184 valence electrons. The maximum Gasteiger partial charge on any atom is 0.172 e. The number of aliphatic hydroxyl groups excluding tert-OH is 1. The van der Waals surface area contributed by atoms with E-state index in [0.717, 1.165) is 31.3 Å². The Kier molecular flexibility index (Phi) is 6.63. The summed E-state index contributed by atoms with van der Waals surface area (Å²) >= 11 is 0. The van der Waals surface area contributed by atoms with E-state index in [1.807, 2.05) is 13.8 Å². The predicted molar refractivity (Wildman–Crippen MR) is 132 cm³/mol. The van der Waals surface area contributed by atoms with Gasteiger partial charge in [-0.05, 0) is 55.8 Å². The average Bonchev–Trinajstić information content (AvgIpc) is 3.14. The third kappa shape index (κ3) is 4.01. The number of rotatable bonds is 7. The number of hydrogen-bond donors (Lipinski definition) is 3. The average molecular weight is 457 g/mol. The van der Waals surface area contributed by atoms with Crippen LogP contribution in [0.1, 0.15) is 86.0 Å². The molecule has 0 spiro atoms. The van der Waals surface area contributed by atoms with Crippen molar-refractivity contribution in [3.63, 3.8) is 0 Å². The SMILES string of the molecule is CCC1=CC[C@H]2C3=CC=C4C[C@](O)(OCC=CC(O)(CC)CC)C[C@H](O)[C@]4(C)[C@H]3CC[C@]12C. The van der Waals surface area contributed by atoms with Gasteiger partial charge < -0.3 is 20.1 Å². The van der Waals surface area contributed by atoms with Crippen LogP contribution in [0.2, 0.25) is 0 Å². The first-order chi connectivity index (χ1) is 15.5. The topological polar surface area (TPSA) is 69.9 Å². The predicted octanol–water partition coefficient (Wildman–Crippen LogP) is 5.60. The molecule has 3 N–H and O–H groups in total. The zero-order valence-corrected chi connectivity index (χ0v) is 21.2. The Morgan fingerprint density at radius 1 is 1.15 bits per heavy atom. The van der Waals surface area contributed by atoms with Crippen molar-refractivity contribution in [1.82, 2.24) is 0 Å². The Morgan fingerprint density at radius 2 is 1.88 bits per heavy atom. The van der Waals surface area contributed by atoms with Gasteiger partial charge >= 0.3 is 0 Å². The molecule has 33 heavy (non-hydrogen) atoms. The maximum atomic E-state index is 11.4. The van der Waals surface area contributed by atoms with Gasteiger partial charge in [0.25, 0.3) is 0 Å². The van der Waals surface area contributed by atoms with Gasteiger partial charge in [0.1, 0.15) is 0 Å². The second-order valence-electron chi connectivity index (χ2n) is 11.4. The van der Waals surface area contributed by atoms with E-state index in [-0.39, 0.29) is 23.9 Å². The summed E-state index contributed by atoms with van der Waals surface area (Å²) in [7, 11) is 0. The molecule has 4 nitrogen and oxygen atoms in total. The van der Waals surface area contributed by atoms with Gasteiger partial charge in [-0.25, -0.2) is 0 Å². The summed E-state index contributed by atoms with van der Waals surface area (Å²) in [5.41, 5.74) is 3.28. The lowest BCUT2D eigenvalue weighted by Gasteiger charge is -2.57. The summed E-state index contributed by atoms with van der Waals surface area (Å²) in [5.74, 6) is -0.528. The van der Waals surface area contributed by atoms with Gasteiger partial charge in [0.15, 0.2) is 5.79 Å². The number of ether oxygens (including phenoxy) is 1. The molecule has 0 bridgehead atoms. The lowest BCUT2D eigenvalue weighted by atomic mass is 9.49. The monoisotopic (exact) mass is 456 g/mol. The first-order valence-electron chi connectivity index (χ1n) is 13.1. The maximum absolute atomic E-state index is 11.4. The molecule has 0 aromatic heterocycles. The quantitative estimate of drug-likeness (QED) is 0.345. The van der Waals surface area contributed by atoms with E-state index in [1.165, 1.54) is 5.57 Å². The van der Waals surface area contributed by atoms with Crippen LogP contribution in [0.15, 0.2) is 47.1 Å². The largest absolute Gasteiger partial charge is 0.392 e. The molecular weight excluding hydrogens is 412 g/mol. The van der Waals surface area contributed by atoms with Crippen LogP contribution >= 0.6 is 0 Å². The molecule has 0 heterocycles. The van der Waals surface area contributed by atoms with Gasteiger partial charge in [-0.3, -0.25) is 0 Å². The molecule has 0 amide bonds. The summed E-state index contributed by atoms with van der Waals surface area (Å²) in [4.78, 5) is 0. The highest BCUT2D eigenvalue weighted by molar-refractivity contribution is 5.43. The van der Waals surface area contributed by atoms with Crippen molar-refractivity contribution in [1.29, 1.82) is 0 Å². The summed E-state index contributed by atoms with van der Waals surface area (Å²) in [6.07, 6.45) is 16.2. The minimum Gasteiger partial charge on any atom is -0.392 e. The van der Waals surface area contributed by atoms with Crippen molar-refractivity contribution < 1.29 is 20.1 Å². The Balaban J connectivity index is 1.53. The van der Waals surface area contributed by atoms with Crippen LogP contribution in [0, 0.1) is 22.7 Å². The summed E-state index contributed by atoms with van der Waals surface area (Å²) in [6.45, 7) is 11.0. The van der Waals surface area contributed by atoms with E-state index in [0.29, 0.717) is 31.1 Å². The number of hydrogen-bond acceptors (Lipinski definition) is 4. The van der Waals surface area contributed by atoms with Crippen molar-refractivity contribution in [2.24, 2.45) is 22.7 Å². The second kappa shape index (κ2) is 8.78. The summed E-state index contributed by atoms with van der Waals surface area (Å²) in [5, 5.41) is 33.1. The Labute approximate surface area is 200 Å². The lowest BCUT2D eigenvalue weighted by molar-refractivity contribution is -0.237. The van der Waals surface area contributed by atoms with Crippen molar-refractivity contribution >= 4 is 0 Å². The fraction of sp³-hybridized carbons (Fsp3) is 0.724. The molecule has 0 aromatic rings. The third-order valence-corrected chi connectivity index (χ3v) is 9.91. The van der Waals surface area contributed by atoms with E-state index >= 15 is 0 Å². The van der Waals surface area contributed by atoms with Crippen molar-refractivity contribution in [3.05, 3.63) is 47.1 Å². The van der Waals surface area contributed by atoms with Crippen molar-refractivity contribution in [3.8, 4) is 0 Å². The lowest BCUT2D eigenvalue weighted by Crippen LogP contribution is -2.56. The first kappa shape index (κ1) is 24.9. The van der Waals surface area contributed by atoms with Crippen molar-refractivity contribution in [2.45, 2.75) is 103 Å². The van der Waals surface area contributed by atoms with E-state index in [4.69, 9.17) is 4.74 Å². The normalized spacial score (nSPS) is 40.6. The van der Waals surface area contributed by atoms with Gasteiger partial charge in [0, 0.05) is 18.3 Å². The molecule has 0 aliphatic heterocycles. The van der Waals surface area contributed by atoms with Crippen LogP contribution in [-0.4, -0.2) is 39.4 Å². The van der Waals surface area contributed by atoms with Gasteiger partial charge in [-0.15, -0.1) is 0 Å². The zero-order valence-electron chi connectivity index (χ0n) is 21.2. The fourth-order valence-electron chi connectivity index (χ4n) is 7.34. The molecule has 0 aromatic carbocycles. The number of allylic oxidation sites excluding steroid dienone is 5. The van der Waals surface area contributed by atoms with E-state index < -0.39 is 17.5 Å². The molecule has 6 atom stereocenters. The van der Waals surface area contributed by atoms with Gasteiger partial charge in [-0.2, -0.15) is 0 Å². The molecule has 4 heteroatoms. The van der Waals surface area contributed by atoms with Gasteiger partial charge in [0.2, 0.25) is 0 Å². The highest BCUT2D eigenvalue weighted by atomic mass is 16.6. The highest BCUT2D eigenvalue weighted by Crippen LogP contribution is 2.64. The molecule has 0 unspecified atom stereocenters. The molecule has 0 saturated heterocycles. The van der Waals surface area contributed by atoms with E-state index in [1.54, 1.807) is 17.7 Å². The smallest absolute Gasteiger partial charge is 0.172 e. The van der Waals surface area contributed by atoms with Crippen LogP contribution in [0.4, 0.5) is 0 Å². The third-order valence-electron chi connectivity index (χ3n) is 9.91. The standard InChI is InChI=1S/C29H44O4/c1-6-20-11-13-23-22-12-10-21-18-29(32,33-17-9-15-28(31,7-2)8-3)19-25(30)27(21,5)24(22)14-16-26(20,23)4/h9-12,15,23-25,30-32H,6-8,13-14,16-19H2,1-5H3/t23-,24-,25-,26+,27-,29-/m0/s1. The molecule has 4 aliphatic rings. The van der Waals surface area contributed by atoms with Gasteiger partial charge in [0.05, 0.1) is 18.3 Å². The van der Waals surface area contributed by atoms with E-state index in [9.17, 15) is 15.3 Å². The fourth-order valence-corrected chi connectivity index (χ4v) is 7.34. The van der Waals surface area contributed by atoms with Crippen LogP contribution in [0.25, 0.3) is 0 Å². The minimum atomic E-state index is -1.38.